The van der Waals surface area contributed by atoms with Crippen molar-refractivity contribution >= 4 is 5.91 Å². The summed E-state index contributed by atoms with van der Waals surface area (Å²) in [6.07, 6.45) is 2.35. The molecule has 1 heterocycles. The molecule has 2 N–H and O–H groups in total. The van der Waals surface area contributed by atoms with Crippen LogP contribution in [0, 0.1) is 0 Å². The van der Waals surface area contributed by atoms with Gasteiger partial charge in [-0.3, -0.25) is 9.59 Å². The number of carbonyl (C=O) groups excluding carboxylic acids is 1. The maximum Gasteiger partial charge on any atom is 0.271 e. The normalized spacial score (nSPS) is 9.95. The number of aromatic nitrogens is 2. The molecule has 0 atom stereocenters. The molecule has 2 aromatic rings. The number of hydrogen-bond acceptors (Lipinski definition) is 4. The third-order valence-electron chi connectivity index (χ3n) is 2.54. The molecule has 19 heavy (non-hydrogen) atoms. The molecule has 1 amide bonds. The van der Waals surface area contributed by atoms with Gasteiger partial charge >= 0.3 is 0 Å². The molecule has 0 saturated heterocycles. The summed E-state index contributed by atoms with van der Waals surface area (Å²) in [7, 11) is 1.57. The quantitative estimate of drug-likeness (QED) is 0.847. The average molecular weight is 259 g/mol. The van der Waals surface area contributed by atoms with E-state index in [0.717, 1.165) is 11.8 Å². The van der Waals surface area contributed by atoms with Crippen molar-refractivity contribution in [3.8, 4) is 5.75 Å². The number of para-hydroxylation sites is 1. The van der Waals surface area contributed by atoms with Gasteiger partial charge < -0.3 is 15.0 Å². The van der Waals surface area contributed by atoms with Crippen LogP contribution in [0.25, 0.3) is 0 Å². The Balaban J connectivity index is 2.04. The van der Waals surface area contributed by atoms with Gasteiger partial charge in [-0.1, -0.05) is 18.2 Å². The second-order valence-electron chi connectivity index (χ2n) is 3.79. The Hall–Kier alpha value is -2.63. The fourth-order valence-electron chi connectivity index (χ4n) is 1.58. The standard InChI is InChI=1S/C13H13N3O3/c1-19-11-5-3-2-4-9(11)6-16-13(18)10-7-15-12(17)8-14-10/h2-5,7-8H,6H2,1H3,(H,15,17)(H,16,18). The number of hydrogen-bond donors (Lipinski definition) is 2. The van der Waals surface area contributed by atoms with Crippen LogP contribution in [0.4, 0.5) is 0 Å². The van der Waals surface area contributed by atoms with Crippen molar-refractivity contribution in [3.05, 3.63) is 58.3 Å². The van der Waals surface area contributed by atoms with Crippen molar-refractivity contribution in [3.63, 3.8) is 0 Å². The molecule has 0 radical (unpaired) electrons. The van der Waals surface area contributed by atoms with Gasteiger partial charge in [0.1, 0.15) is 11.4 Å². The highest BCUT2D eigenvalue weighted by molar-refractivity contribution is 5.91. The number of amides is 1. The summed E-state index contributed by atoms with van der Waals surface area (Å²) in [6, 6.07) is 7.40. The van der Waals surface area contributed by atoms with Gasteiger partial charge in [0.25, 0.3) is 11.5 Å². The van der Waals surface area contributed by atoms with E-state index in [4.69, 9.17) is 4.74 Å². The fourth-order valence-corrected chi connectivity index (χ4v) is 1.58. The summed E-state index contributed by atoms with van der Waals surface area (Å²) in [5.74, 6) is 0.347. The summed E-state index contributed by atoms with van der Waals surface area (Å²) in [5, 5.41) is 2.71. The molecule has 0 fully saturated rings. The lowest BCUT2D eigenvalue weighted by Gasteiger charge is -2.08. The largest absolute Gasteiger partial charge is 0.496 e. The minimum atomic E-state index is -0.359. The van der Waals surface area contributed by atoms with Crippen LogP contribution in [0.5, 0.6) is 5.75 Å². The van der Waals surface area contributed by atoms with E-state index in [2.05, 4.69) is 15.3 Å². The maximum absolute atomic E-state index is 11.8. The Labute approximate surface area is 109 Å². The molecule has 0 saturated carbocycles. The molecule has 6 heteroatoms. The highest BCUT2D eigenvalue weighted by atomic mass is 16.5. The highest BCUT2D eigenvalue weighted by Crippen LogP contribution is 2.16. The zero-order valence-electron chi connectivity index (χ0n) is 10.3. The summed E-state index contributed by atoms with van der Waals surface area (Å²) < 4.78 is 5.18. The van der Waals surface area contributed by atoms with Crippen LogP contribution in [-0.2, 0) is 6.54 Å². The molecular weight excluding hydrogens is 246 g/mol. The van der Waals surface area contributed by atoms with E-state index >= 15 is 0 Å². The van der Waals surface area contributed by atoms with Gasteiger partial charge in [-0.2, -0.15) is 0 Å². The van der Waals surface area contributed by atoms with Gasteiger partial charge in [0.2, 0.25) is 0 Å². The van der Waals surface area contributed by atoms with E-state index in [-0.39, 0.29) is 17.2 Å². The second-order valence-corrected chi connectivity index (χ2v) is 3.79. The third-order valence-corrected chi connectivity index (χ3v) is 2.54. The maximum atomic E-state index is 11.8. The number of aromatic amines is 1. The van der Waals surface area contributed by atoms with Crippen LogP contribution in [-0.4, -0.2) is 23.0 Å². The molecule has 0 aliphatic heterocycles. The first kappa shape index (κ1) is 12.8. The Kier molecular flexibility index (Phi) is 3.92. The number of carbonyl (C=O) groups is 1. The minimum absolute atomic E-state index is 0.162. The van der Waals surface area contributed by atoms with E-state index in [9.17, 15) is 9.59 Å². The molecule has 0 aliphatic rings. The average Bonchev–Trinajstić information content (AvgIpc) is 2.45. The lowest BCUT2D eigenvalue weighted by molar-refractivity contribution is 0.0945. The van der Waals surface area contributed by atoms with Crippen LogP contribution < -0.4 is 15.6 Å². The molecule has 2 rings (SSSR count). The SMILES string of the molecule is COc1ccccc1CNC(=O)c1c[nH]c(=O)cn1. The van der Waals surface area contributed by atoms with Crippen molar-refractivity contribution in [2.75, 3.05) is 7.11 Å². The summed E-state index contributed by atoms with van der Waals surface area (Å²) in [6.45, 7) is 0.323. The predicted octanol–water partition coefficient (Wildman–Crippen LogP) is 0.708. The van der Waals surface area contributed by atoms with Crippen LogP contribution in [0.15, 0.2) is 41.5 Å². The first-order valence-corrected chi connectivity index (χ1v) is 5.65. The molecule has 6 nitrogen and oxygen atoms in total. The van der Waals surface area contributed by atoms with E-state index in [1.165, 1.54) is 6.20 Å². The lowest BCUT2D eigenvalue weighted by atomic mass is 10.2. The summed E-state index contributed by atoms with van der Waals surface area (Å²) in [4.78, 5) is 28.8. The van der Waals surface area contributed by atoms with Gasteiger partial charge in [-0.15, -0.1) is 0 Å². The summed E-state index contributed by atoms with van der Waals surface area (Å²) >= 11 is 0. The van der Waals surface area contributed by atoms with Gasteiger partial charge in [0.05, 0.1) is 13.3 Å². The van der Waals surface area contributed by atoms with Crippen LogP contribution in [0.1, 0.15) is 16.1 Å². The summed E-state index contributed by atoms with van der Waals surface area (Å²) in [5.41, 5.74) is 0.679. The third kappa shape index (κ3) is 3.19. The zero-order chi connectivity index (χ0) is 13.7. The smallest absolute Gasteiger partial charge is 0.271 e. The number of ether oxygens (including phenoxy) is 1. The van der Waals surface area contributed by atoms with E-state index in [0.29, 0.717) is 12.3 Å². The zero-order valence-corrected chi connectivity index (χ0v) is 10.3. The Morgan fingerprint density at radius 1 is 1.42 bits per heavy atom. The van der Waals surface area contributed by atoms with Crippen molar-refractivity contribution in [1.82, 2.24) is 15.3 Å². The molecule has 0 unspecified atom stereocenters. The molecule has 1 aromatic heterocycles. The van der Waals surface area contributed by atoms with Crippen LogP contribution in [0.3, 0.4) is 0 Å². The Bertz CT molecular complexity index is 617. The number of rotatable bonds is 4. The number of methoxy groups -OCH3 is 1. The van der Waals surface area contributed by atoms with Gasteiger partial charge in [-0.05, 0) is 6.07 Å². The van der Waals surface area contributed by atoms with Crippen molar-refractivity contribution in [2.45, 2.75) is 6.54 Å². The van der Waals surface area contributed by atoms with Crippen LogP contribution >= 0.6 is 0 Å². The van der Waals surface area contributed by atoms with Gasteiger partial charge in [0, 0.05) is 18.3 Å². The molecule has 98 valence electrons. The Morgan fingerprint density at radius 3 is 2.89 bits per heavy atom. The number of nitrogens with zero attached hydrogens (tertiary/aromatic N) is 1. The number of nitrogens with one attached hydrogen (secondary N) is 2. The highest BCUT2D eigenvalue weighted by Gasteiger charge is 2.08. The van der Waals surface area contributed by atoms with Gasteiger partial charge in [-0.25, -0.2) is 4.98 Å². The van der Waals surface area contributed by atoms with Crippen molar-refractivity contribution < 1.29 is 9.53 Å². The molecule has 0 aliphatic carbocycles. The van der Waals surface area contributed by atoms with E-state index in [1.54, 1.807) is 7.11 Å². The van der Waals surface area contributed by atoms with Crippen molar-refractivity contribution in [1.29, 1.82) is 0 Å². The monoisotopic (exact) mass is 259 g/mol. The van der Waals surface area contributed by atoms with Crippen LogP contribution in [0.2, 0.25) is 0 Å². The molecule has 0 spiro atoms. The first-order chi connectivity index (χ1) is 9.20. The number of H-pyrrole nitrogens is 1. The predicted molar refractivity (Wildman–Crippen MR) is 69.0 cm³/mol. The van der Waals surface area contributed by atoms with E-state index in [1.807, 2.05) is 24.3 Å². The topological polar surface area (TPSA) is 84.1 Å². The second kappa shape index (κ2) is 5.81. The molecule has 1 aromatic carbocycles. The van der Waals surface area contributed by atoms with Crippen molar-refractivity contribution in [2.24, 2.45) is 0 Å². The minimum Gasteiger partial charge on any atom is -0.496 e. The molecular formula is C13H13N3O3. The molecule has 0 bridgehead atoms. The van der Waals surface area contributed by atoms with E-state index < -0.39 is 0 Å². The lowest BCUT2D eigenvalue weighted by Crippen LogP contribution is -2.25. The Morgan fingerprint density at radius 2 is 2.21 bits per heavy atom. The number of benzene rings is 1. The first-order valence-electron chi connectivity index (χ1n) is 5.65. The van der Waals surface area contributed by atoms with Gasteiger partial charge in [0.15, 0.2) is 0 Å². The fraction of sp³-hybridized carbons (Fsp3) is 0.154.